The molecule has 3 heterocycles. The molecule has 0 spiro atoms. The molecular formula is C24H28N4O3S. The van der Waals surface area contributed by atoms with Crippen LogP contribution in [0.25, 0.3) is 21.8 Å². The van der Waals surface area contributed by atoms with Crippen molar-refractivity contribution in [1.29, 1.82) is 0 Å². The highest BCUT2D eigenvalue weighted by atomic mass is 32.1. The number of aromatic nitrogens is 3. The van der Waals surface area contributed by atoms with Crippen LogP contribution in [-0.4, -0.2) is 51.8 Å². The molecule has 0 atom stereocenters. The Balaban J connectivity index is 1.54. The highest BCUT2D eigenvalue weighted by Gasteiger charge is 2.31. The normalized spacial score (nSPS) is 18.6. The molecule has 5 rings (SSSR count). The summed E-state index contributed by atoms with van der Waals surface area (Å²) in [5, 5.41) is 16.6. The molecular weight excluding hydrogens is 424 g/mol. The largest absolute Gasteiger partial charge is 0.388 e. The van der Waals surface area contributed by atoms with Crippen LogP contribution in [0.5, 0.6) is 0 Å². The fraction of sp³-hybridized carbons (Fsp3) is 0.458. The van der Waals surface area contributed by atoms with Crippen molar-refractivity contribution >= 4 is 16.5 Å². The third-order valence-corrected chi connectivity index (χ3v) is 7.41. The molecule has 7 nitrogen and oxygen atoms in total. The van der Waals surface area contributed by atoms with E-state index >= 15 is 0 Å². The van der Waals surface area contributed by atoms with E-state index in [0.717, 1.165) is 53.6 Å². The fourth-order valence-corrected chi connectivity index (χ4v) is 5.60. The molecule has 2 fully saturated rings. The van der Waals surface area contributed by atoms with E-state index in [1.54, 1.807) is 23.5 Å². The standard InChI is InChI=1S/C24H28N4O3S/c29-20-10-9-19(26-28(20)17-24(30)11-5-2-6-12-24)22-21(18-7-3-1-4-8-18)25-23(32-22)27-13-15-31-16-14-27/h1,3-4,7-10,30H,2,5-6,11-17H2. The predicted octanol–water partition coefficient (Wildman–Crippen LogP) is 3.57. The lowest BCUT2D eigenvalue weighted by molar-refractivity contribution is -0.0153. The van der Waals surface area contributed by atoms with E-state index in [1.807, 2.05) is 30.3 Å². The summed E-state index contributed by atoms with van der Waals surface area (Å²) in [7, 11) is 0. The second-order valence-corrected chi connectivity index (χ2v) is 9.62. The third kappa shape index (κ3) is 4.48. The first-order chi connectivity index (χ1) is 15.6. The average Bonchev–Trinajstić information content (AvgIpc) is 3.28. The first kappa shape index (κ1) is 21.3. The Morgan fingerprint density at radius 2 is 1.78 bits per heavy atom. The molecule has 8 heteroatoms. The van der Waals surface area contributed by atoms with Crippen molar-refractivity contribution in [3.05, 3.63) is 52.8 Å². The van der Waals surface area contributed by atoms with Crippen molar-refractivity contribution in [2.45, 2.75) is 44.2 Å². The van der Waals surface area contributed by atoms with E-state index in [1.165, 1.54) is 4.68 Å². The second-order valence-electron chi connectivity index (χ2n) is 8.64. The van der Waals surface area contributed by atoms with Gasteiger partial charge in [0, 0.05) is 24.7 Å². The molecule has 0 amide bonds. The molecule has 2 aliphatic rings. The maximum Gasteiger partial charge on any atom is 0.266 e. The summed E-state index contributed by atoms with van der Waals surface area (Å²) in [5.74, 6) is 0. The van der Waals surface area contributed by atoms with E-state index in [2.05, 4.69) is 4.90 Å². The summed E-state index contributed by atoms with van der Waals surface area (Å²) in [6, 6.07) is 13.4. The van der Waals surface area contributed by atoms with Gasteiger partial charge in [0.15, 0.2) is 5.13 Å². The van der Waals surface area contributed by atoms with Gasteiger partial charge in [-0.3, -0.25) is 4.79 Å². The molecule has 1 aliphatic carbocycles. The summed E-state index contributed by atoms with van der Waals surface area (Å²) < 4.78 is 6.93. The predicted molar refractivity (Wildman–Crippen MR) is 126 cm³/mol. The van der Waals surface area contributed by atoms with Gasteiger partial charge < -0.3 is 14.7 Å². The van der Waals surface area contributed by atoms with Gasteiger partial charge >= 0.3 is 0 Å². The van der Waals surface area contributed by atoms with Crippen molar-refractivity contribution in [3.63, 3.8) is 0 Å². The molecule has 1 saturated heterocycles. The van der Waals surface area contributed by atoms with Crippen molar-refractivity contribution < 1.29 is 9.84 Å². The minimum atomic E-state index is -0.859. The molecule has 3 aromatic rings. The Bertz CT molecular complexity index is 1120. The number of nitrogens with zero attached hydrogens (tertiary/aromatic N) is 4. The zero-order valence-corrected chi connectivity index (χ0v) is 18.9. The molecule has 1 saturated carbocycles. The number of hydrogen-bond acceptors (Lipinski definition) is 7. The van der Waals surface area contributed by atoms with E-state index in [0.29, 0.717) is 31.7 Å². The molecule has 168 valence electrons. The van der Waals surface area contributed by atoms with Crippen LogP contribution in [0.2, 0.25) is 0 Å². The Morgan fingerprint density at radius 1 is 1.03 bits per heavy atom. The quantitative estimate of drug-likeness (QED) is 0.638. The molecule has 1 aromatic carbocycles. The van der Waals surface area contributed by atoms with E-state index in [9.17, 15) is 9.90 Å². The SMILES string of the molecule is O=c1ccc(-c2sc(N3CCOCC3)nc2-c2ccccc2)nn1CC1(O)CCCCC1. The highest BCUT2D eigenvalue weighted by molar-refractivity contribution is 7.19. The molecule has 1 N–H and O–H groups in total. The van der Waals surface area contributed by atoms with E-state index in [-0.39, 0.29) is 12.1 Å². The number of morpholine rings is 1. The summed E-state index contributed by atoms with van der Waals surface area (Å²) in [6.45, 7) is 3.23. The van der Waals surface area contributed by atoms with Gasteiger partial charge in [-0.15, -0.1) is 0 Å². The van der Waals surface area contributed by atoms with Gasteiger partial charge in [-0.1, -0.05) is 60.9 Å². The number of hydrogen-bond donors (Lipinski definition) is 1. The molecule has 0 radical (unpaired) electrons. The topological polar surface area (TPSA) is 80.5 Å². The number of benzene rings is 1. The number of anilines is 1. The first-order valence-electron chi connectivity index (χ1n) is 11.3. The van der Waals surface area contributed by atoms with Gasteiger partial charge in [0.05, 0.1) is 35.9 Å². The van der Waals surface area contributed by atoms with Crippen LogP contribution in [0.15, 0.2) is 47.3 Å². The smallest absolute Gasteiger partial charge is 0.266 e. The molecule has 1 aliphatic heterocycles. The lowest BCUT2D eigenvalue weighted by Gasteiger charge is -2.32. The number of thiazole rings is 1. The molecule has 0 bridgehead atoms. The van der Waals surface area contributed by atoms with Crippen LogP contribution in [0, 0.1) is 0 Å². The fourth-order valence-electron chi connectivity index (χ4n) is 4.49. The van der Waals surface area contributed by atoms with Crippen LogP contribution in [0.3, 0.4) is 0 Å². The summed E-state index contributed by atoms with van der Waals surface area (Å²) >= 11 is 1.59. The van der Waals surface area contributed by atoms with Crippen molar-refractivity contribution in [2.75, 3.05) is 31.2 Å². The zero-order chi connectivity index (χ0) is 22.0. The van der Waals surface area contributed by atoms with Crippen LogP contribution in [0.4, 0.5) is 5.13 Å². The first-order valence-corrected chi connectivity index (χ1v) is 12.1. The number of aliphatic hydroxyl groups is 1. The highest BCUT2D eigenvalue weighted by Crippen LogP contribution is 2.39. The minimum absolute atomic E-state index is 0.188. The zero-order valence-electron chi connectivity index (χ0n) is 18.1. The Morgan fingerprint density at radius 3 is 2.53 bits per heavy atom. The van der Waals surface area contributed by atoms with Gasteiger partial charge in [-0.05, 0) is 18.9 Å². The average molecular weight is 453 g/mol. The molecule has 2 aromatic heterocycles. The maximum atomic E-state index is 12.6. The van der Waals surface area contributed by atoms with Gasteiger partial charge in [0.25, 0.3) is 5.56 Å². The van der Waals surface area contributed by atoms with E-state index in [4.69, 9.17) is 14.8 Å². The van der Waals surface area contributed by atoms with E-state index < -0.39 is 5.60 Å². The van der Waals surface area contributed by atoms with Gasteiger partial charge in [-0.25, -0.2) is 9.67 Å². The lowest BCUT2D eigenvalue weighted by Crippen LogP contribution is -2.40. The lowest BCUT2D eigenvalue weighted by atomic mass is 9.85. The van der Waals surface area contributed by atoms with Gasteiger partial charge in [0.1, 0.15) is 5.69 Å². The van der Waals surface area contributed by atoms with Crippen molar-refractivity contribution in [1.82, 2.24) is 14.8 Å². The van der Waals surface area contributed by atoms with Gasteiger partial charge in [0.2, 0.25) is 0 Å². The second kappa shape index (κ2) is 9.13. The van der Waals surface area contributed by atoms with Crippen molar-refractivity contribution in [2.24, 2.45) is 0 Å². The van der Waals surface area contributed by atoms with Crippen LogP contribution in [-0.2, 0) is 11.3 Å². The van der Waals surface area contributed by atoms with Gasteiger partial charge in [-0.2, -0.15) is 5.10 Å². The Labute approximate surface area is 191 Å². The molecule has 0 unspecified atom stereocenters. The monoisotopic (exact) mass is 452 g/mol. The Hall–Kier alpha value is -2.55. The third-order valence-electron chi connectivity index (χ3n) is 6.27. The summed E-state index contributed by atoms with van der Waals surface area (Å²) in [6.07, 6.45) is 4.53. The minimum Gasteiger partial charge on any atom is -0.388 e. The van der Waals surface area contributed by atoms with Crippen LogP contribution in [0.1, 0.15) is 32.1 Å². The maximum absolute atomic E-state index is 12.6. The van der Waals surface area contributed by atoms with Crippen LogP contribution < -0.4 is 10.5 Å². The summed E-state index contributed by atoms with van der Waals surface area (Å²) in [5.41, 5.74) is 1.55. The van der Waals surface area contributed by atoms with Crippen LogP contribution >= 0.6 is 11.3 Å². The molecule has 32 heavy (non-hydrogen) atoms. The Kier molecular flexibility index (Phi) is 6.08. The summed E-state index contributed by atoms with van der Waals surface area (Å²) in [4.78, 5) is 20.7. The number of ether oxygens (including phenoxy) is 1. The van der Waals surface area contributed by atoms with Crippen molar-refractivity contribution in [3.8, 4) is 21.8 Å². The number of rotatable bonds is 5.